The van der Waals surface area contributed by atoms with Crippen LogP contribution in [0.4, 0.5) is 5.82 Å². The van der Waals surface area contributed by atoms with Gasteiger partial charge in [0, 0.05) is 6.20 Å². The molecule has 1 aromatic heterocycles. The molecule has 0 saturated carbocycles. The fourth-order valence-corrected chi connectivity index (χ4v) is 1.44. The number of ether oxygens (including phenoxy) is 1. The number of methoxy groups -OCH3 is 1. The molecule has 0 amide bonds. The second-order valence-corrected chi connectivity index (χ2v) is 3.73. The summed E-state index contributed by atoms with van der Waals surface area (Å²) in [7, 11) is 1.23. The van der Waals surface area contributed by atoms with Gasteiger partial charge in [0.25, 0.3) is 0 Å². The van der Waals surface area contributed by atoms with E-state index in [1.54, 1.807) is 0 Å². The molecular formula is C9H10Cl2N2O3. The number of aliphatic hydroxyl groups excluding tert-OH is 1. The molecule has 0 aliphatic carbocycles. The minimum atomic E-state index is -0.906. The molecule has 0 aromatic carbocycles. The normalized spacial score (nSPS) is 12.0. The molecule has 0 aliphatic rings. The van der Waals surface area contributed by atoms with Gasteiger partial charge in [-0.25, -0.2) is 9.78 Å². The molecule has 0 spiro atoms. The van der Waals surface area contributed by atoms with Gasteiger partial charge in [-0.2, -0.15) is 0 Å². The molecule has 1 heterocycles. The number of esters is 1. The van der Waals surface area contributed by atoms with Crippen molar-refractivity contribution in [2.24, 2.45) is 0 Å². The van der Waals surface area contributed by atoms with Crippen LogP contribution in [0.5, 0.6) is 0 Å². The van der Waals surface area contributed by atoms with Crippen molar-refractivity contribution in [3.8, 4) is 0 Å². The van der Waals surface area contributed by atoms with Gasteiger partial charge < -0.3 is 15.2 Å². The first kappa shape index (κ1) is 13.0. The first-order valence-electron chi connectivity index (χ1n) is 4.34. The molecule has 16 heavy (non-hydrogen) atoms. The van der Waals surface area contributed by atoms with Crippen molar-refractivity contribution in [2.75, 3.05) is 19.0 Å². The number of nitrogens with one attached hydrogen (secondary N) is 1. The van der Waals surface area contributed by atoms with Crippen molar-refractivity contribution in [3.05, 3.63) is 22.3 Å². The van der Waals surface area contributed by atoms with Crippen LogP contribution in [0.1, 0.15) is 0 Å². The maximum atomic E-state index is 11.2. The van der Waals surface area contributed by atoms with Gasteiger partial charge in [-0.15, -0.1) is 0 Å². The Morgan fingerprint density at radius 3 is 2.88 bits per heavy atom. The Morgan fingerprint density at radius 1 is 1.69 bits per heavy atom. The molecule has 0 radical (unpaired) electrons. The first-order chi connectivity index (χ1) is 7.58. The molecule has 0 aliphatic heterocycles. The van der Waals surface area contributed by atoms with E-state index in [0.29, 0.717) is 5.02 Å². The highest BCUT2D eigenvalue weighted by atomic mass is 35.5. The maximum absolute atomic E-state index is 11.2. The Kier molecular flexibility index (Phi) is 4.79. The van der Waals surface area contributed by atoms with E-state index >= 15 is 0 Å². The van der Waals surface area contributed by atoms with E-state index in [1.165, 1.54) is 19.4 Å². The van der Waals surface area contributed by atoms with Gasteiger partial charge in [0.1, 0.15) is 11.9 Å². The van der Waals surface area contributed by atoms with Crippen LogP contribution in [0, 0.1) is 0 Å². The van der Waals surface area contributed by atoms with Crippen LogP contribution < -0.4 is 5.32 Å². The minimum absolute atomic E-state index is 0.259. The van der Waals surface area contributed by atoms with Crippen molar-refractivity contribution in [3.63, 3.8) is 0 Å². The number of anilines is 1. The monoisotopic (exact) mass is 264 g/mol. The third-order valence-corrected chi connectivity index (χ3v) is 2.28. The second kappa shape index (κ2) is 5.89. The molecule has 2 N–H and O–H groups in total. The topological polar surface area (TPSA) is 71.5 Å². The zero-order valence-corrected chi connectivity index (χ0v) is 9.92. The number of hydrogen-bond donors (Lipinski definition) is 2. The summed E-state index contributed by atoms with van der Waals surface area (Å²) in [5.74, 6) is -0.342. The second-order valence-electron chi connectivity index (χ2n) is 2.89. The third-order valence-electron chi connectivity index (χ3n) is 1.79. The number of rotatable bonds is 4. The van der Waals surface area contributed by atoms with E-state index in [2.05, 4.69) is 15.0 Å². The lowest BCUT2D eigenvalue weighted by Gasteiger charge is -2.15. The van der Waals surface area contributed by atoms with E-state index < -0.39 is 18.6 Å². The molecule has 88 valence electrons. The van der Waals surface area contributed by atoms with Gasteiger partial charge >= 0.3 is 5.97 Å². The quantitative estimate of drug-likeness (QED) is 0.804. The van der Waals surface area contributed by atoms with Gasteiger partial charge in [0.15, 0.2) is 0 Å². The number of nitrogens with zero attached hydrogens (tertiary/aromatic N) is 1. The van der Waals surface area contributed by atoms with Crippen molar-refractivity contribution < 1.29 is 14.6 Å². The van der Waals surface area contributed by atoms with Gasteiger partial charge in [0.05, 0.1) is 23.8 Å². The van der Waals surface area contributed by atoms with Crippen LogP contribution in [0.25, 0.3) is 0 Å². The summed E-state index contributed by atoms with van der Waals surface area (Å²) >= 11 is 11.5. The summed E-state index contributed by atoms with van der Waals surface area (Å²) in [6.45, 7) is -0.423. The summed E-state index contributed by atoms with van der Waals surface area (Å²) in [4.78, 5) is 15.1. The van der Waals surface area contributed by atoms with E-state index in [1.807, 2.05) is 0 Å². The SMILES string of the molecule is COC(=O)C(CO)Nc1ncc(Cl)cc1Cl. The molecule has 0 fully saturated rings. The number of carbonyl (C=O) groups is 1. The third kappa shape index (κ3) is 3.23. The van der Waals surface area contributed by atoms with E-state index in [-0.39, 0.29) is 10.8 Å². The van der Waals surface area contributed by atoms with Crippen LogP contribution in [-0.4, -0.2) is 35.8 Å². The molecular weight excluding hydrogens is 255 g/mol. The average molecular weight is 265 g/mol. The summed E-state index contributed by atoms with van der Waals surface area (Å²) in [6.07, 6.45) is 1.38. The summed E-state index contributed by atoms with van der Waals surface area (Å²) in [5, 5.41) is 12.3. The lowest BCUT2D eigenvalue weighted by atomic mass is 10.3. The van der Waals surface area contributed by atoms with Gasteiger partial charge in [-0.3, -0.25) is 0 Å². The van der Waals surface area contributed by atoms with Crippen molar-refractivity contribution in [1.82, 2.24) is 4.98 Å². The van der Waals surface area contributed by atoms with E-state index in [0.717, 1.165) is 0 Å². The molecule has 1 atom stereocenters. The highest BCUT2D eigenvalue weighted by Gasteiger charge is 2.19. The number of pyridine rings is 1. The van der Waals surface area contributed by atoms with Crippen LogP contribution in [0.2, 0.25) is 10.0 Å². The predicted octanol–water partition coefficient (Wildman–Crippen LogP) is 1.33. The smallest absolute Gasteiger partial charge is 0.330 e. The van der Waals surface area contributed by atoms with E-state index in [4.69, 9.17) is 28.3 Å². The standard InChI is InChI=1S/C9H10Cl2N2O3/c1-16-9(15)7(4-14)13-8-6(11)2-5(10)3-12-8/h2-3,7,14H,4H2,1H3,(H,12,13). The molecule has 5 nitrogen and oxygen atoms in total. The number of halogens is 2. The largest absolute Gasteiger partial charge is 0.467 e. The lowest BCUT2D eigenvalue weighted by molar-refractivity contribution is -0.142. The lowest BCUT2D eigenvalue weighted by Crippen LogP contribution is -2.34. The van der Waals surface area contributed by atoms with Crippen LogP contribution in [-0.2, 0) is 9.53 Å². The summed E-state index contributed by atoms with van der Waals surface area (Å²) in [5.41, 5.74) is 0. The first-order valence-corrected chi connectivity index (χ1v) is 5.10. The average Bonchev–Trinajstić information content (AvgIpc) is 2.27. The van der Waals surface area contributed by atoms with Crippen LogP contribution >= 0.6 is 23.2 Å². The number of carbonyl (C=O) groups excluding carboxylic acids is 1. The summed E-state index contributed by atoms with van der Waals surface area (Å²) in [6, 6.07) is 0.570. The Morgan fingerprint density at radius 2 is 2.38 bits per heavy atom. The molecule has 0 saturated heterocycles. The summed E-state index contributed by atoms with van der Waals surface area (Å²) < 4.78 is 4.48. The Bertz CT molecular complexity index is 387. The minimum Gasteiger partial charge on any atom is -0.467 e. The zero-order chi connectivity index (χ0) is 12.1. The van der Waals surface area contributed by atoms with E-state index in [9.17, 15) is 4.79 Å². The van der Waals surface area contributed by atoms with Crippen LogP contribution in [0.15, 0.2) is 12.3 Å². The molecule has 1 rings (SSSR count). The Labute approximate surface area is 102 Å². The van der Waals surface area contributed by atoms with Gasteiger partial charge in [0.2, 0.25) is 0 Å². The maximum Gasteiger partial charge on any atom is 0.330 e. The Balaban J connectivity index is 2.82. The van der Waals surface area contributed by atoms with Crippen molar-refractivity contribution >= 4 is 35.0 Å². The number of hydrogen-bond acceptors (Lipinski definition) is 5. The fraction of sp³-hybridized carbons (Fsp3) is 0.333. The molecule has 0 bridgehead atoms. The van der Waals surface area contributed by atoms with Gasteiger partial charge in [-0.05, 0) is 6.07 Å². The Hall–Kier alpha value is -1.04. The molecule has 1 unspecified atom stereocenters. The molecule has 1 aromatic rings. The fourth-order valence-electron chi connectivity index (χ4n) is 1.01. The highest BCUT2D eigenvalue weighted by molar-refractivity contribution is 6.36. The van der Waals surface area contributed by atoms with Gasteiger partial charge in [-0.1, -0.05) is 23.2 Å². The number of aliphatic hydroxyl groups is 1. The predicted molar refractivity (Wildman–Crippen MR) is 60.8 cm³/mol. The number of aromatic nitrogens is 1. The van der Waals surface area contributed by atoms with Crippen molar-refractivity contribution in [2.45, 2.75) is 6.04 Å². The zero-order valence-electron chi connectivity index (χ0n) is 8.41. The van der Waals surface area contributed by atoms with Crippen LogP contribution in [0.3, 0.4) is 0 Å². The molecule has 7 heteroatoms. The van der Waals surface area contributed by atoms with Crippen molar-refractivity contribution in [1.29, 1.82) is 0 Å². The highest BCUT2D eigenvalue weighted by Crippen LogP contribution is 2.23.